The highest BCUT2D eigenvalue weighted by atomic mass is 19.3. The zero-order valence-corrected chi connectivity index (χ0v) is 12.4. The number of halogens is 2. The lowest BCUT2D eigenvalue weighted by atomic mass is 9.79. The Kier molecular flexibility index (Phi) is 5.57. The van der Waals surface area contributed by atoms with Crippen LogP contribution in [0.25, 0.3) is 0 Å². The van der Waals surface area contributed by atoms with Crippen molar-refractivity contribution in [2.75, 3.05) is 6.54 Å². The fraction of sp³-hybridized carbons (Fsp3) is 1.00. The number of rotatable bonds is 5. The summed E-state index contributed by atoms with van der Waals surface area (Å²) in [5.74, 6) is -2.22. The molecule has 3 heteroatoms. The van der Waals surface area contributed by atoms with Crippen molar-refractivity contribution in [1.29, 1.82) is 0 Å². The van der Waals surface area contributed by atoms with E-state index in [0.717, 1.165) is 25.8 Å². The molecule has 0 bridgehead atoms. The first-order valence-corrected chi connectivity index (χ1v) is 7.33. The molecule has 0 aromatic rings. The average Bonchev–Trinajstić information content (AvgIpc) is 2.13. The maximum atomic E-state index is 13.4. The highest BCUT2D eigenvalue weighted by molar-refractivity contribution is 4.83. The van der Waals surface area contributed by atoms with Gasteiger partial charge in [-0.1, -0.05) is 27.7 Å². The molecule has 2 unspecified atom stereocenters. The van der Waals surface area contributed by atoms with E-state index in [9.17, 15) is 8.78 Å². The lowest BCUT2D eigenvalue weighted by molar-refractivity contribution is -0.0551. The van der Waals surface area contributed by atoms with E-state index in [-0.39, 0.29) is 24.2 Å². The fourth-order valence-corrected chi connectivity index (χ4v) is 3.15. The second-order valence-electron chi connectivity index (χ2n) is 7.07. The first kappa shape index (κ1) is 15.9. The van der Waals surface area contributed by atoms with Gasteiger partial charge in [-0.3, -0.25) is 0 Å². The van der Waals surface area contributed by atoms with E-state index in [4.69, 9.17) is 0 Å². The number of nitrogens with one attached hydrogen (secondary N) is 1. The minimum atomic E-state index is -2.42. The third-order valence-corrected chi connectivity index (χ3v) is 3.71. The normalized spacial score (nSPS) is 26.0. The van der Waals surface area contributed by atoms with Gasteiger partial charge in [-0.2, -0.15) is 0 Å². The molecule has 0 heterocycles. The molecule has 0 spiro atoms. The summed E-state index contributed by atoms with van der Waals surface area (Å²) in [5, 5.41) is 3.47. The van der Waals surface area contributed by atoms with E-state index >= 15 is 0 Å². The van der Waals surface area contributed by atoms with Crippen molar-refractivity contribution >= 4 is 0 Å². The summed E-state index contributed by atoms with van der Waals surface area (Å²) in [4.78, 5) is 0. The zero-order chi connectivity index (χ0) is 13.8. The van der Waals surface area contributed by atoms with Crippen LogP contribution in [0.3, 0.4) is 0 Å². The van der Waals surface area contributed by atoms with E-state index in [2.05, 4.69) is 33.0 Å². The fourth-order valence-electron chi connectivity index (χ4n) is 3.15. The Morgan fingerprint density at radius 1 is 1.33 bits per heavy atom. The molecule has 0 amide bonds. The standard InChI is InChI=1S/C15H29F2N/c1-5-18-13(11-14(2,3)4)9-12-7-6-8-15(16,17)10-12/h12-13,18H,5-11H2,1-4H3. The summed E-state index contributed by atoms with van der Waals surface area (Å²) >= 11 is 0. The van der Waals surface area contributed by atoms with Gasteiger partial charge in [0.05, 0.1) is 0 Å². The van der Waals surface area contributed by atoms with Crippen molar-refractivity contribution in [2.24, 2.45) is 11.3 Å². The van der Waals surface area contributed by atoms with Crippen LogP contribution in [0.5, 0.6) is 0 Å². The largest absolute Gasteiger partial charge is 0.314 e. The van der Waals surface area contributed by atoms with Crippen LogP contribution < -0.4 is 5.32 Å². The van der Waals surface area contributed by atoms with E-state index in [1.54, 1.807) is 0 Å². The first-order chi connectivity index (χ1) is 8.22. The van der Waals surface area contributed by atoms with Gasteiger partial charge in [-0.05, 0) is 43.6 Å². The molecule has 0 aromatic heterocycles. The van der Waals surface area contributed by atoms with E-state index < -0.39 is 5.92 Å². The Balaban J connectivity index is 2.49. The van der Waals surface area contributed by atoms with Crippen molar-refractivity contribution in [3.63, 3.8) is 0 Å². The molecule has 0 saturated heterocycles. The molecule has 18 heavy (non-hydrogen) atoms. The van der Waals surface area contributed by atoms with Crippen molar-refractivity contribution in [3.05, 3.63) is 0 Å². The van der Waals surface area contributed by atoms with Crippen LogP contribution in [0.1, 0.15) is 66.2 Å². The quantitative estimate of drug-likeness (QED) is 0.761. The third kappa shape index (κ3) is 6.12. The number of hydrogen-bond donors (Lipinski definition) is 1. The molecule has 0 aliphatic heterocycles. The van der Waals surface area contributed by atoms with Crippen LogP contribution >= 0.6 is 0 Å². The van der Waals surface area contributed by atoms with Gasteiger partial charge in [0.25, 0.3) is 0 Å². The van der Waals surface area contributed by atoms with Crippen LogP contribution in [0.15, 0.2) is 0 Å². The smallest absolute Gasteiger partial charge is 0.248 e. The summed E-state index contributed by atoms with van der Waals surface area (Å²) in [5.41, 5.74) is 0.254. The highest BCUT2D eigenvalue weighted by Gasteiger charge is 2.37. The monoisotopic (exact) mass is 261 g/mol. The van der Waals surface area contributed by atoms with Gasteiger partial charge in [0.1, 0.15) is 0 Å². The Bertz CT molecular complexity index is 245. The minimum Gasteiger partial charge on any atom is -0.314 e. The summed E-state index contributed by atoms with van der Waals surface area (Å²) in [7, 11) is 0. The molecular weight excluding hydrogens is 232 g/mol. The lowest BCUT2D eigenvalue weighted by Gasteiger charge is -2.33. The van der Waals surface area contributed by atoms with Gasteiger partial charge in [0.15, 0.2) is 0 Å². The second kappa shape index (κ2) is 6.31. The van der Waals surface area contributed by atoms with E-state index in [0.29, 0.717) is 12.5 Å². The zero-order valence-electron chi connectivity index (χ0n) is 12.4. The molecule has 1 aliphatic rings. The van der Waals surface area contributed by atoms with Gasteiger partial charge < -0.3 is 5.32 Å². The van der Waals surface area contributed by atoms with Crippen molar-refractivity contribution in [1.82, 2.24) is 5.32 Å². The molecule has 2 atom stereocenters. The molecule has 1 aliphatic carbocycles. The van der Waals surface area contributed by atoms with Crippen LogP contribution in [0.2, 0.25) is 0 Å². The predicted octanol–water partition coefficient (Wildman–Crippen LogP) is 4.62. The van der Waals surface area contributed by atoms with Gasteiger partial charge in [0, 0.05) is 18.9 Å². The van der Waals surface area contributed by atoms with Crippen LogP contribution in [-0.2, 0) is 0 Å². The summed E-state index contributed by atoms with van der Waals surface area (Å²) in [6, 6.07) is 0.383. The predicted molar refractivity (Wildman–Crippen MR) is 73.1 cm³/mol. The van der Waals surface area contributed by atoms with Gasteiger partial charge in [-0.25, -0.2) is 8.78 Å². The molecule has 1 rings (SSSR count). The van der Waals surface area contributed by atoms with Crippen molar-refractivity contribution < 1.29 is 8.78 Å². The van der Waals surface area contributed by atoms with Crippen LogP contribution in [0.4, 0.5) is 8.78 Å². The molecule has 1 N–H and O–H groups in total. The molecule has 0 aromatic carbocycles. The summed E-state index contributed by atoms with van der Waals surface area (Å²) in [6.45, 7) is 9.65. The maximum Gasteiger partial charge on any atom is 0.248 e. The third-order valence-electron chi connectivity index (χ3n) is 3.71. The summed E-state index contributed by atoms with van der Waals surface area (Å²) < 4.78 is 26.8. The van der Waals surface area contributed by atoms with Crippen molar-refractivity contribution in [2.45, 2.75) is 78.2 Å². The topological polar surface area (TPSA) is 12.0 Å². The first-order valence-electron chi connectivity index (χ1n) is 7.33. The number of hydrogen-bond acceptors (Lipinski definition) is 1. The lowest BCUT2D eigenvalue weighted by Crippen LogP contribution is -2.37. The molecule has 108 valence electrons. The van der Waals surface area contributed by atoms with Gasteiger partial charge in [-0.15, -0.1) is 0 Å². The molecule has 1 nitrogen and oxygen atoms in total. The molecule has 1 saturated carbocycles. The SMILES string of the molecule is CCNC(CC1CCCC(F)(F)C1)CC(C)(C)C. The summed E-state index contributed by atoms with van der Waals surface area (Å²) in [6.07, 6.45) is 3.81. The van der Waals surface area contributed by atoms with Gasteiger partial charge in [0.2, 0.25) is 5.92 Å². The maximum absolute atomic E-state index is 13.4. The second-order valence-corrected chi connectivity index (χ2v) is 7.07. The van der Waals surface area contributed by atoms with E-state index in [1.165, 1.54) is 0 Å². The highest BCUT2D eigenvalue weighted by Crippen LogP contribution is 2.39. The van der Waals surface area contributed by atoms with Crippen LogP contribution in [0, 0.1) is 11.3 Å². The average molecular weight is 261 g/mol. The van der Waals surface area contributed by atoms with Gasteiger partial charge >= 0.3 is 0 Å². The minimum absolute atomic E-state index is 0.0919. The molecule has 0 radical (unpaired) electrons. The Morgan fingerprint density at radius 3 is 2.50 bits per heavy atom. The Hall–Kier alpha value is -0.180. The van der Waals surface area contributed by atoms with Crippen molar-refractivity contribution in [3.8, 4) is 0 Å². The Labute approximate surface area is 111 Å². The Morgan fingerprint density at radius 2 is 2.00 bits per heavy atom. The van der Waals surface area contributed by atoms with Crippen LogP contribution in [-0.4, -0.2) is 18.5 Å². The molecular formula is C15H29F2N. The van der Waals surface area contributed by atoms with E-state index in [1.807, 2.05) is 0 Å². The molecule has 1 fully saturated rings. The number of alkyl halides is 2.